The predicted octanol–water partition coefficient (Wildman–Crippen LogP) is -5.93. The van der Waals surface area contributed by atoms with Crippen LogP contribution >= 0.6 is 0 Å². The third-order valence-corrected chi connectivity index (χ3v) is 0. The van der Waals surface area contributed by atoms with Gasteiger partial charge in [-0.3, -0.25) is 0 Å². The van der Waals surface area contributed by atoms with Crippen molar-refractivity contribution in [2.75, 3.05) is 0 Å². The van der Waals surface area contributed by atoms with Crippen LogP contribution in [0.4, 0.5) is 0 Å². The Balaban J connectivity index is 0. The molecule has 0 aliphatic carbocycles. The van der Waals surface area contributed by atoms with E-state index in [1.807, 2.05) is 0 Å². The zero-order chi connectivity index (χ0) is 0. The Kier molecular flexibility index (Phi) is 102. The molecule has 0 heterocycles. The molecule has 13 valence electrons. The van der Waals surface area contributed by atoms with Crippen molar-refractivity contribution in [3.8, 4) is 0 Å². The van der Waals surface area contributed by atoms with Gasteiger partial charge in [0.1, 0.15) is 0 Å². The summed E-state index contributed by atoms with van der Waals surface area (Å²) in [7, 11) is 0. The Bertz CT molecular complexity index is 16.0. The van der Waals surface area contributed by atoms with E-state index in [9.17, 15) is 0 Å². The first-order chi connectivity index (χ1) is 0. The van der Waals surface area contributed by atoms with Crippen molar-refractivity contribution in [1.82, 2.24) is 0 Å². The molecule has 0 aliphatic heterocycles. The summed E-state index contributed by atoms with van der Waals surface area (Å²) in [6, 6.07) is 0. The summed E-state index contributed by atoms with van der Waals surface area (Å²) in [6.07, 6.45) is 0. The molecule has 0 atom stereocenters. The molecule has 0 bridgehead atoms. The largest absolute Gasteiger partial charge is 2.00 e. The van der Waals surface area contributed by atoms with Crippen LogP contribution in [-0.2, 0) is 22.4 Å². The molecular weight excluding hydrogens is 163 g/mol. The van der Waals surface area contributed by atoms with E-state index in [1.54, 1.807) is 0 Å². The van der Waals surface area contributed by atoms with E-state index in [4.69, 9.17) is 0 Å². The molecule has 0 aromatic carbocycles. The van der Waals surface area contributed by atoms with E-state index in [2.05, 4.69) is 0 Å². The van der Waals surface area contributed by atoms with E-state index in [0.29, 0.717) is 0 Å². The smallest absolute Gasteiger partial charge is 1.00 e. The van der Waals surface area contributed by atoms with Crippen molar-refractivity contribution in [3.05, 3.63) is 0 Å². The van der Waals surface area contributed by atoms with Crippen LogP contribution in [-0.4, -0.2) is 37.7 Å². The van der Waals surface area contributed by atoms with Gasteiger partial charge in [0.05, 0.1) is 0 Å². The molecule has 4 heavy (non-hydrogen) atoms. The van der Waals surface area contributed by atoms with Crippen LogP contribution in [0.15, 0.2) is 0 Å². The van der Waals surface area contributed by atoms with Crippen molar-refractivity contribution < 1.29 is 76.5 Å². The Morgan fingerprint density at radius 3 is 1.25 bits per heavy atom. The van der Waals surface area contributed by atoms with Crippen molar-refractivity contribution in [2.45, 2.75) is 0 Å². The van der Waals surface area contributed by atoms with Crippen LogP contribution in [0, 0.1) is 0 Å². The fourth-order valence-corrected chi connectivity index (χ4v) is 0. The average molecular weight is 167 g/mol. The topological polar surface area (TPSA) is 0 Å². The van der Waals surface area contributed by atoms with E-state index >= 15 is 0 Å². The van der Waals surface area contributed by atoms with Crippen LogP contribution < -0.4 is 48.4 Å². The molecule has 0 spiro atoms. The third-order valence-electron chi connectivity index (χ3n) is 0. The molecule has 0 nitrogen and oxygen atoms in total. The van der Waals surface area contributed by atoms with Crippen molar-refractivity contribution in [1.29, 1.82) is 0 Å². The molecule has 4 heteroatoms. The molecule has 0 N–H and O–H groups in total. The molecular formula is H4CaLiNaNb. The maximum Gasteiger partial charge on any atom is 2.00 e. The Morgan fingerprint density at radius 1 is 1.25 bits per heavy atom. The third kappa shape index (κ3) is 9.14. The molecule has 0 saturated carbocycles. The minimum absolute atomic E-state index is 0. The first-order valence-corrected chi connectivity index (χ1v) is 0. The SMILES string of the molecule is [Ca+2].[H-].[H-].[H-].[H-].[Li+].[Na+].[Nb]. The summed E-state index contributed by atoms with van der Waals surface area (Å²) in [5.41, 5.74) is 0. The number of rotatable bonds is 0. The van der Waals surface area contributed by atoms with Crippen LogP contribution in [0.3, 0.4) is 0 Å². The molecule has 0 aliphatic rings. The quantitative estimate of drug-likeness (QED) is 0.315. The number of hydrogen-bond donors (Lipinski definition) is 0. The van der Waals surface area contributed by atoms with Crippen molar-refractivity contribution >= 4 is 37.7 Å². The van der Waals surface area contributed by atoms with Crippen LogP contribution in [0.2, 0.25) is 0 Å². The Morgan fingerprint density at radius 2 is 1.25 bits per heavy atom. The van der Waals surface area contributed by atoms with Crippen LogP contribution in [0.25, 0.3) is 0 Å². The van der Waals surface area contributed by atoms with Crippen molar-refractivity contribution in [3.63, 3.8) is 0 Å². The minimum atomic E-state index is 0. The second-order valence-corrected chi connectivity index (χ2v) is 0. The van der Waals surface area contributed by atoms with E-state index in [-0.39, 0.29) is 114 Å². The normalized spacial score (nSPS) is 0. The van der Waals surface area contributed by atoms with E-state index in [0.717, 1.165) is 0 Å². The summed E-state index contributed by atoms with van der Waals surface area (Å²) in [5, 5.41) is 0. The summed E-state index contributed by atoms with van der Waals surface area (Å²) in [4.78, 5) is 0. The van der Waals surface area contributed by atoms with Gasteiger partial charge in [0.2, 0.25) is 0 Å². The van der Waals surface area contributed by atoms with Crippen molar-refractivity contribution in [2.24, 2.45) is 0 Å². The summed E-state index contributed by atoms with van der Waals surface area (Å²) in [6.45, 7) is 0. The predicted molar refractivity (Wildman–Crippen MR) is 10.2 cm³/mol. The van der Waals surface area contributed by atoms with Gasteiger partial charge >= 0.3 is 86.2 Å². The zero-order valence-corrected chi connectivity index (χ0v) is 9.56. The fourth-order valence-electron chi connectivity index (χ4n) is 0. The van der Waals surface area contributed by atoms with E-state index in [1.165, 1.54) is 0 Å². The zero-order valence-electron chi connectivity index (χ0n) is 7.15. The second-order valence-electron chi connectivity index (χ2n) is 0. The van der Waals surface area contributed by atoms with Gasteiger partial charge in [0, 0.05) is 22.4 Å². The Hall–Kier alpha value is 3.60. The molecule has 0 fully saturated rings. The molecule has 0 saturated heterocycles. The summed E-state index contributed by atoms with van der Waals surface area (Å²) < 4.78 is 0. The van der Waals surface area contributed by atoms with Gasteiger partial charge in [-0.25, -0.2) is 0 Å². The maximum absolute atomic E-state index is 0. The minimum Gasteiger partial charge on any atom is -1.00 e. The molecule has 1 radical (unpaired) electrons. The maximum atomic E-state index is 0. The summed E-state index contributed by atoms with van der Waals surface area (Å²) in [5.74, 6) is 0. The molecule has 0 rings (SSSR count). The molecule has 0 unspecified atom stereocenters. The second kappa shape index (κ2) is 16.0. The van der Waals surface area contributed by atoms with Gasteiger partial charge < -0.3 is 5.71 Å². The van der Waals surface area contributed by atoms with Gasteiger partial charge in [-0.15, -0.1) is 0 Å². The molecule has 0 amide bonds. The first kappa shape index (κ1) is 25.6. The monoisotopic (exact) mass is 167 g/mol. The Labute approximate surface area is 112 Å². The first-order valence-electron chi connectivity index (χ1n) is 0. The fraction of sp³-hybridized carbons (Fsp3) is 0. The van der Waals surface area contributed by atoms with Crippen LogP contribution in [0.5, 0.6) is 0 Å². The average Bonchev–Trinajstić information content (AvgIpc) is 0. The van der Waals surface area contributed by atoms with Crippen LogP contribution in [0.1, 0.15) is 5.71 Å². The van der Waals surface area contributed by atoms with Gasteiger partial charge in [-0.1, -0.05) is 0 Å². The van der Waals surface area contributed by atoms with Gasteiger partial charge in [0.15, 0.2) is 0 Å². The summed E-state index contributed by atoms with van der Waals surface area (Å²) >= 11 is 0. The molecule has 0 aromatic heterocycles. The van der Waals surface area contributed by atoms with Gasteiger partial charge in [-0.2, -0.15) is 0 Å². The number of hydrogen-bond acceptors (Lipinski definition) is 0. The van der Waals surface area contributed by atoms with Gasteiger partial charge in [-0.05, 0) is 0 Å². The van der Waals surface area contributed by atoms with E-state index < -0.39 is 0 Å². The standard InChI is InChI=1S/Ca.Li.Na.Nb.4H/q+2;2*+1;;4*-1. The van der Waals surface area contributed by atoms with Gasteiger partial charge in [0.25, 0.3) is 0 Å². The molecule has 0 aromatic rings.